The molecule has 0 saturated heterocycles. The van der Waals surface area contributed by atoms with Crippen molar-refractivity contribution in [2.24, 2.45) is 0 Å². The quantitative estimate of drug-likeness (QED) is 0.684. The summed E-state index contributed by atoms with van der Waals surface area (Å²) in [6.45, 7) is 1.75. The van der Waals surface area contributed by atoms with Crippen LogP contribution in [0.15, 0.2) is 16.9 Å². The van der Waals surface area contributed by atoms with Gasteiger partial charge in [0.2, 0.25) is 11.4 Å². The number of fused-ring (bicyclic) bond motifs is 1. The minimum absolute atomic E-state index is 0.0527. The number of hydrogen-bond donors (Lipinski definition) is 1. The topological polar surface area (TPSA) is 67.7 Å². The Balaban J connectivity index is 2.76. The molecule has 2 aromatic rings. The lowest BCUT2D eigenvalue weighted by atomic mass is 10.5. The maximum atomic E-state index is 10.5. The molecule has 0 fully saturated rings. The van der Waals surface area contributed by atoms with E-state index in [1.54, 1.807) is 17.5 Å². The lowest BCUT2D eigenvalue weighted by Gasteiger charge is -1.83. The van der Waals surface area contributed by atoms with Crippen LogP contribution in [0.5, 0.6) is 0 Å². The van der Waals surface area contributed by atoms with Gasteiger partial charge in [0.25, 0.3) is 0 Å². The van der Waals surface area contributed by atoms with Gasteiger partial charge < -0.3 is 9.52 Å². The molecule has 5 heteroatoms. The van der Waals surface area contributed by atoms with Crippen LogP contribution < -0.4 is 0 Å². The van der Waals surface area contributed by atoms with Crippen molar-refractivity contribution < 1.29 is 14.3 Å². The van der Waals surface area contributed by atoms with E-state index in [0.717, 1.165) is 0 Å². The van der Waals surface area contributed by atoms with Crippen molar-refractivity contribution in [2.75, 3.05) is 0 Å². The van der Waals surface area contributed by atoms with E-state index < -0.39 is 5.97 Å². The van der Waals surface area contributed by atoms with Gasteiger partial charge >= 0.3 is 5.97 Å². The fourth-order valence-electron chi connectivity index (χ4n) is 1.06. The molecule has 62 valence electrons. The number of rotatable bonds is 1. The highest BCUT2D eigenvalue weighted by Crippen LogP contribution is 2.12. The number of oxazole rings is 1. The third kappa shape index (κ3) is 0.795. The van der Waals surface area contributed by atoms with E-state index in [1.165, 1.54) is 6.33 Å². The molecule has 5 nitrogen and oxygen atoms in total. The second-order valence-corrected chi connectivity index (χ2v) is 2.45. The lowest BCUT2D eigenvalue weighted by Crippen LogP contribution is -1.96. The highest BCUT2D eigenvalue weighted by Gasteiger charge is 2.14. The fraction of sp³-hybridized carbons (Fsp3) is 0.143. The number of nitrogens with zero attached hydrogens (tertiary/aromatic N) is 2. The first-order chi connectivity index (χ1) is 5.68. The van der Waals surface area contributed by atoms with Gasteiger partial charge in [-0.15, -0.1) is 0 Å². The molecule has 1 N–H and O–H groups in total. The maximum absolute atomic E-state index is 10.5. The minimum atomic E-state index is -1.08. The zero-order valence-corrected chi connectivity index (χ0v) is 6.31. The molecule has 0 unspecified atom stereocenters. The molecule has 0 amide bonds. The Labute approximate surface area is 67.2 Å². The van der Waals surface area contributed by atoms with Crippen LogP contribution in [0.4, 0.5) is 0 Å². The van der Waals surface area contributed by atoms with Crippen LogP contribution in [0, 0.1) is 6.92 Å². The van der Waals surface area contributed by atoms with Crippen LogP contribution in [0.25, 0.3) is 5.71 Å². The number of hydrogen-bond acceptors (Lipinski definition) is 3. The molecule has 0 atom stereocenters. The summed E-state index contributed by atoms with van der Waals surface area (Å²) in [6.07, 6.45) is 3.09. The Morgan fingerprint density at radius 3 is 3.17 bits per heavy atom. The van der Waals surface area contributed by atoms with Crippen molar-refractivity contribution in [3.63, 3.8) is 0 Å². The van der Waals surface area contributed by atoms with E-state index in [0.29, 0.717) is 5.76 Å². The van der Waals surface area contributed by atoms with Crippen LogP contribution in [-0.4, -0.2) is 20.5 Å². The van der Waals surface area contributed by atoms with Crippen LogP contribution in [0.2, 0.25) is 0 Å². The predicted octanol–water partition coefficient (Wildman–Crippen LogP) is 0.934. The molecular formula is C7H6N2O3. The predicted molar refractivity (Wildman–Crippen MR) is 39.2 cm³/mol. The molecule has 0 aromatic carbocycles. The average Bonchev–Trinajstić information content (AvgIpc) is 2.43. The van der Waals surface area contributed by atoms with Gasteiger partial charge in [0.15, 0.2) is 0 Å². The van der Waals surface area contributed by atoms with Crippen molar-refractivity contribution in [3.05, 3.63) is 24.0 Å². The minimum Gasteiger partial charge on any atom is -0.476 e. The number of carboxylic acids is 1. The van der Waals surface area contributed by atoms with Crippen LogP contribution in [-0.2, 0) is 0 Å². The second-order valence-electron chi connectivity index (χ2n) is 2.45. The van der Waals surface area contributed by atoms with Gasteiger partial charge in [0.05, 0.1) is 6.20 Å². The first-order valence-corrected chi connectivity index (χ1v) is 3.35. The Kier molecular flexibility index (Phi) is 1.21. The van der Waals surface area contributed by atoms with Gasteiger partial charge in [-0.25, -0.2) is 9.78 Å². The summed E-state index contributed by atoms with van der Waals surface area (Å²) >= 11 is 0. The summed E-state index contributed by atoms with van der Waals surface area (Å²) in [5, 5.41) is 8.65. The first kappa shape index (κ1) is 6.90. The second kappa shape index (κ2) is 2.10. The summed E-state index contributed by atoms with van der Waals surface area (Å²) in [5.74, 6) is -0.415. The van der Waals surface area contributed by atoms with Crippen molar-refractivity contribution in [2.45, 2.75) is 6.92 Å². The number of aryl methyl sites for hydroxylation is 1. The van der Waals surface area contributed by atoms with Crippen molar-refractivity contribution in [1.82, 2.24) is 9.38 Å². The fourth-order valence-corrected chi connectivity index (χ4v) is 1.06. The zero-order chi connectivity index (χ0) is 8.72. The summed E-state index contributed by atoms with van der Waals surface area (Å²) in [6, 6.07) is 0. The number of aromatic carboxylic acids is 1. The monoisotopic (exact) mass is 166 g/mol. The summed E-state index contributed by atoms with van der Waals surface area (Å²) in [5.41, 5.74) is 0.225. The SMILES string of the molecule is Cc1cn2cnc(C(=O)O)c2o1. The molecule has 0 radical (unpaired) electrons. The van der Waals surface area contributed by atoms with Gasteiger partial charge in [0.1, 0.15) is 12.1 Å². The van der Waals surface area contributed by atoms with E-state index in [-0.39, 0.29) is 11.4 Å². The third-order valence-electron chi connectivity index (χ3n) is 1.53. The first-order valence-electron chi connectivity index (χ1n) is 3.35. The molecule has 0 aliphatic carbocycles. The highest BCUT2D eigenvalue weighted by molar-refractivity contribution is 5.91. The van der Waals surface area contributed by atoms with Crippen molar-refractivity contribution >= 4 is 11.7 Å². The van der Waals surface area contributed by atoms with E-state index in [1.807, 2.05) is 0 Å². The standard InChI is InChI=1S/C7H6N2O3/c1-4-2-9-3-8-5(7(10)11)6(9)12-4/h2-3H,1H3,(H,10,11). The van der Waals surface area contributed by atoms with E-state index in [2.05, 4.69) is 4.98 Å². The van der Waals surface area contributed by atoms with Gasteiger partial charge in [-0.3, -0.25) is 4.40 Å². The Morgan fingerprint density at radius 1 is 1.75 bits per heavy atom. The van der Waals surface area contributed by atoms with Crippen molar-refractivity contribution in [3.8, 4) is 0 Å². The molecule has 0 saturated carbocycles. The van der Waals surface area contributed by atoms with E-state index >= 15 is 0 Å². The molecule has 2 heterocycles. The summed E-state index contributed by atoms with van der Waals surface area (Å²) in [7, 11) is 0. The highest BCUT2D eigenvalue weighted by atomic mass is 16.4. The third-order valence-corrected chi connectivity index (χ3v) is 1.53. The molecule has 0 bridgehead atoms. The number of carbonyl (C=O) groups is 1. The molecule has 0 aliphatic heterocycles. The van der Waals surface area contributed by atoms with E-state index in [9.17, 15) is 4.79 Å². The Bertz CT molecular complexity index is 440. The van der Waals surface area contributed by atoms with Gasteiger partial charge in [-0.05, 0) is 6.92 Å². The van der Waals surface area contributed by atoms with Crippen LogP contribution in [0.3, 0.4) is 0 Å². The molecular weight excluding hydrogens is 160 g/mol. The number of imidazole rings is 1. The maximum Gasteiger partial charge on any atom is 0.360 e. The number of aromatic nitrogens is 2. The van der Waals surface area contributed by atoms with Gasteiger partial charge in [-0.2, -0.15) is 0 Å². The van der Waals surface area contributed by atoms with Gasteiger partial charge in [0, 0.05) is 0 Å². The Morgan fingerprint density at radius 2 is 2.50 bits per heavy atom. The number of carboxylic acid groups (broad SMARTS) is 1. The lowest BCUT2D eigenvalue weighted by molar-refractivity contribution is 0.0692. The molecule has 0 spiro atoms. The van der Waals surface area contributed by atoms with Crippen LogP contribution >= 0.6 is 0 Å². The normalized spacial score (nSPS) is 10.8. The molecule has 2 rings (SSSR count). The average molecular weight is 166 g/mol. The molecule has 2 aromatic heterocycles. The zero-order valence-electron chi connectivity index (χ0n) is 6.31. The smallest absolute Gasteiger partial charge is 0.360 e. The van der Waals surface area contributed by atoms with E-state index in [4.69, 9.17) is 9.52 Å². The summed E-state index contributed by atoms with van der Waals surface area (Å²) in [4.78, 5) is 14.2. The van der Waals surface area contributed by atoms with Gasteiger partial charge in [-0.1, -0.05) is 0 Å². The Hall–Kier alpha value is -1.78. The van der Waals surface area contributed by atoms with Crippen LogP contribution in [0.1, 0.15) is 16.2 Å². The molecule has 12 heavy (non-hydrogen) atoms. The van der Waals surface area contributed by atoms with Crippen molar-refractivity contribution in [1.29, 1.82) is 0 Å². The summed E-state index contributed by atoms with van der Waals surface area (Å²) < 4.78 is 6.66. The largest absolute Gasteiger partial charge is 0.476 e. The molecule has 0 aliphatic rings.